The molecule has 0 radical (unpaired) electrons. The van der Waals surface area contributed by atoms with E-state index in [1.54, 1.807) is 0 Å². The number of hydrogen-bond donors (Lipinski definition) is 1. The van der Waals surface area contributed by atoms with Crippen molar-refractivity contribution in [2.75, 3.05) is 13.7 Å². The SMILES string of the molecule is CCOC1C(NC)CC1Oc1c(Br)cccc1Br. The summed E-state index contributed by atoms with van der Waals surface area (Å²) in [5.74, 6) is 0.849. The van der Waals surface area contributed by atoms with Gasteiger partial charge in [0, 0.05) is 19.1 Å². The van der Waals surface area contributed by atoms with Crippen LogP contribution in [-0.2, 0) is 4.74 Å². The molecule has 1 aromatic carbocycles. The molecule has 1 fully saturated rings. The maximum atomic E-state index is 6.05. The largest absolute Gasteiger partial charge is 0.485 e. The highest BCUT2D eigenvalue weighted by atomic mass is 79.9. The van der Waals surface area contributed by atoms with E-state index in [1.807, 2.05) is 32.2 Å². The standard InChI is InChI=1S/C13H17Br2NO2/c1-3-17-13-10(16-2)7-11(13)18-12-8(14)5-4-6-9(12)15/h4-6,10-11,13,16H,3,7H2,1-2H3. The van der Waals surface area contributed by atoms with Crippen LogP contribution < -0.4 is 10.1 Å². The summed E-state index contributed by atoms with van der Waals surface area (Å²) in [6.07, 6.45) is 1.20. The second-order valence-corrected chi connectivity index (χ2v) is 5.97. The Bertz CT molecular complexity index is 394. The second-order valence-electron chi connectivity index (χ2n) is 4.26. The minimum absolute atomic E-state index is 0.109. The first-order chi connectivity index (χ1) is 8.67. The fraction of sp³-hybridized carbons (Fsp3) is 0.538. The lowest BCUT2D eigenvalue weighted by Gasteiger charge is -2.43. The zero-order chi connectivity index (χ0) is 13.1. The summed E-state index contributed by atoms with van der Waals surface area (Å²) in [6, 6.07) is 6.31. The van der Waals surface area contributed by atoms with Gasteiger partial charge in [-0.1, -0.05) is 6.07 Å². The number of halogens is 2. The highest BCUT2D eigenvalue weighted by Crippen LogP contribution is 2.37. The molecule has 18 heavy (non-hydrogen) atoms. The number of para-hydroxylation sites is 1. The molecule has 0 aliphatic heterocycles. The van der Waals surface area contributed by atoms with Gasteiger partial charge < -0.3 is 14.8 Å². The van der Waals surface area contributed by atoms with Gasteiger partial charge in [-0.15, -0.1) is 0 Å². The highest BCUT2D eigenvalue weighted by Gasteiger charge is 2.43. The van der Waals surface area contributed by atoms with Crippen molar-refractivity contribution in [1.82, 2.24) is 5.32 Å². The molecule has 0 spiro atoms. The molecule has 1 aliphatic carbocycles. The Labute approximate surface area is 124 Å². The van der Waals surface area contributed by atoms with E-state index in [9.17, 15) is 0 Å². The topological polar surface area (TPSA) is 30.5 Å². The predicted octanol–water partition coefficient (Wildman–Crippen LogP) is 3.36. The monoisotopic (exact) mass is 377 g/mol. The smallest absolute Gasteiger partial charge is 0.148 e. The first kappa shape index (κ1) is 14.3. The first-order valence-corrected chi connectivity index (χ1v) is 7.65. The molecule has 0 heterocycles. The van der Waals surface area contributed by atoms with Crippen molar-refractivity contribution < 1.29 is 9.47 Å². The highest BCUT2D eigenvalue weighted by molar-refractivity contribution is 9.11. The summed E-state index contributed by atoms with van der Waals surface area (Å²) < 4.78 is 13.7. The van der Waals surface area contributed by atoms with Crippen LogP contribution in [0.2, 0.25) is 0 Å². The minimum Gasteiger partial charge on any atom is -0.485 e. The van der Waals surface area contributed by atoms with Crippen LogP contribution in [0.25, 0.3) is 0 Å². The van der Waals surface area contributed by atoms with Crippen molar-refractivity contribution in [3.8, 4) is 5.75 Å². The van der Waals surface area contributed by atoms with Gasteiger partial charge in [-0.3, -0.25) is 0 Å². The molecule has 3 atom stereocenters. The van der Waals surface area contributed by atoms with E-state index >= 15 is 0 Å². The van der Waals surface area contributed by atoms with Crippen molar-refractivity contribution in [3.63, 3.8) is 0 Å². The Balaban J connectivity index is 2.06. The number of ether oxygens (including phenoxy) is 2. The minimum atomic E-state index is 0.109. The maximum Gasteiger partial charge on any atom is 0.148 e. The molecule has 1 N–H and O–H groups in total. The van der Waals surface area contributed by atoms with Crippen LogP contribution in [-0.4, -0.2) is 31.9 Å². The Morgan fingerprint density at radius 2 is 2.00 bits per heavy atom. The Hall–Kier alpha value is -0.100. The summed E-state index contributed by atoms with van der Waals surface area (Å²) >= 11 is 7.02. The van der Waals surface area contributed by atoms with E-state index < -0.39 is 0 Å². The van der Waals surface area contributed by atoms with Crippen LogP contribution in [0.1, 0.15) is 13.3 Å². The molecule has 0 amide bonds. The number of likely N-dealkylation sites (N-methyl/N-ethyl adjacent to an activating group) is 1. The molecular formula is C13H17Br2NO2. The van der Waals surface area contributed by atoms with Gasteiger partial charge in [0.05, 0.1) is 8.95 Å². The lowest BCUT2D eigenvalue weighted by atomic mass is 9.85. The normalized spacial score (nSPS) is 26.8. The third-order valence-corrected chi connectivity index (χ3v) is 4.42. The molecule has 2 rings (SSSR count). The fourth-order valence-corrected chi connectivity index (χ4v) is 3.33. The van der Waals surface area contributed by atoms with E-state index in [0.29, 0.717) is 12.6 Å². The summed E-state index contributed by atoms with van der Waals surface area (Å²) in [7, 11) is 1.96. The average molecular weight is 379 g/mol. The van der Waals surface area contributed by atoms with Gasteiger partial charge in [0.15, 0.2) is 0 Å². The molecule has 1 saturated carbocycles. The van der Waals surface area contributed by atoms with Gasteiger partial charge in [0.2, 0.25) is 0 Å². The van der Waals surface area contributed by atoms with Crippen molar-refractivity contribution in [1.29, 1.82) is 0 Å². The first-order valence-electron chi connectivity index (χ1n) is 6.07. The number of rotatable bonds is 5. The molecule has 3 nitrogen and oxygen atoms in total. The van der Waals surface area contributed by atoms with Crippen molar-refractivity contribution in [3.05, 3.63) is 27.1 Å². The van der Waals surface area contributed by atoms with Crippen molar-refractivity contribution >= 4 is 31.9 Å². The van der Waals surface area contributed by atoms with Gasteiger partial charge in [0.25, 0.3) is 0 Å². The van der Waals surface area contributed by atoms with Crippen molar-refractivity contribution in [2.24, 2.45) is 0 Å². The summed E-state index contributed by atoms with van der Waals surface area (Å²) in [5.41, 5.74) is 0. The summed E-state index contributed by atoms with van der Waals surface area (Å²) in [4.78, 5) is 0. The summed E-state index contributed by atoms with van der Waals surface area (Å²) in [5, 5.41) is 3.25. The lowest BCUT2D eigenvalue weighted by Crippen LogP contribution is -2.60. The van der Waals surface area contributed by atoms with Gasteiger partial charge in [-0.2, -0.15) is 0 Å². The van der Waals surface area contributed by atoms with Gasteiger partial charge in [0.1, 0.15) is 18.0 Å². The quantitative estimate of drug-likeness (QED) is 0.852. The molecular weight excluding hydrogens is 362 g/mol. The van der Waals surface area contributed by atoms with Crippen LogP contribution in [0, 0.1) is 0 Å². The lowest BCUT2D eigenvalue weighted by molar-refractivity contribution is -0.103. The molecule has 0 bridgehead atoms. The van der Waals surface area contributed by atoms with Crippen LogP contribution in [0.15, 0.2) is 27.1 Å². The van der Waals surface area contributed by atoms with E-state index in [0.717, 1.165) is 21.1 Å². The fourth-order valence-electron chi connectivity index (χ4n) is 2.14. The molecule has 0 aromatic heterocycles. The maximum absolute atomic E-state index is 6.05. The number of benzene rings is 1. The summed E-state index contributed by atoms with van der Waals surface area (Å²) in [6.45, 7) is 2.72. The number of nitrogens with one attached hydrogen (secondary N) is 1. The third kappa shape index (κ3) is 2.90. The second kappa shape index (κ2) is 6.37. The Kier molecular flexibility index (Phi) is 5.06. The van der Waals surface area contributed by atoms with E-state index in [-0.39, 0.29) is 12.2 Å². The predicted molar refractivity (Wildman–Crippen MR) is 79.1 cm³/mol. The molecule has 3 unspecified atom stereocenters. The van der Waals surface area contributed by atoms with Gasteiger partial charge in [-0.05, 0) is 58.0 Å². The molecule has 1 aliphatic rings. The zero-order valence-corrected chi connectivity index (χ0v) is 13.6. The van der Waals surface area contributed by atoms with Crippen LogP contribution >= 0.6 is 31.9 Å². The molecule has 1 aromatic rings. The van der Waals surface area contributed by atoms with E-state index in [1.165, 1.54) is 0 Å². The molecule has 0 saturated heterocycles. The van der Waals surface area contributed by atoms with Gasteiger partial charge in [-0.25, -0.2) is 0 Å². The Morgan fingerprint density at radius 1 is 1.33 bits per heavy atom. The Morgan fingerprint density at radius 3 is 2.56 bits per heavy atom. The van der Waals surface area contributed by atoms with E-state index in [4.69, 9.17) is 9.47 Å². The van der Waals surface area contributed by atoms with Crippen LogP contribution in [0.4, 0.5) is 0 Å². The molecule has 100 valence electrons. The van der Waals surface area contributed by atoms with Crippen LogP contribution in [0.5, 0.6) is 5.75 Å². The van der Waals surface area contributed by atoms with Gasteiger partial charge >= 0.3 is 0 Å². The van der Waals surface area contributed by atoms with Crippen LogP contribution in [0.3, 0.4) is 0 Å². The molecule has 5 heteroatoms. The van der Waals surface area contributed by atoms with Crippen molar-refractivity contribution in [2.45, 2.75) is 31.6 Å². The zero-order valence-electron chi connectivity index (χ0n) is 10.5. The van der Waals surface area contributed by atoms with E-state index in [2.05, 4.69) is 37.2 Å². The number of hydrogen-bond acceptors (Lipinski definition) is 3. The third-order valence-electron chi connectivity index (χ3n) is 3.17. The average Bonchev–Trinajstić information content (AvgIpc) is 2.34.